The number of hydrogen-bond donors (Lipinski definition) is 1. The molecule has 0 saturated heterocycles. The average Bonchev–Trinajstić information content (AvgIpc) is 3.12. The minimum absolute atomic E-state index is 0.0389. The lowest BCUT2D eigenvalue weighted by atomic mass is 10.2. The number of amides is 1. The molecule has 1 heterocycles. The molecule has 9 nitrogen and oxygen atoms in total. The largest absolute Gasteiger partial charge is 0.460 e. The van der Waals surface area contributed by atoms with Crippen LogP contribution in [0, 0.1) is 24.0 Å². The number of nitro benzene ring substituents is 1. The Morgan fingerprint density at radius 3 is 2.61 bits per heavy atom. The Bertz CT molecular complexity index is 1160. The van der Waals surface area contributed by atoms with Crippen molar-refractivity contribution < 1.29 is 19.2 Å². The molecule has 0 unspecified atom stereocenters. The van der Waals surface area contributed by atoms with E-state index in [1.807, 2.05) is 31.2 Å². The van der Waals surface area contributed by atoms with E-state index in [9.17, 15) is 19.7 Å². The molecule has 160 valence electrons. The van der Waals surface area contributed by atoms with Crippen LogP contribution in [0.1, 0.15) is 32.0 Å². The van der Waals surface area contributed by atoms with Crippen molar-refractivity contribution in [1.29, 1.82) is 0 Å². The van der Waals surface area contributed by atoms with Crippen LogP contribution in [-0.4, -0.2) is 39.7 Å². The fourth-order valence-electron chi connectivity index (χ4n) is 2.94. The molecule has 0 aliphatic carbocycles. The molecule has 1 amide bonds. The van der Waals surface area contributed by atoms with E-state index in [0.29, 0.717) is 11.3 Å². The topological polar surface area (TPSA) is 116 Å². The van der Waals surface area contributed by atoms with Crippen LogP contribution in [0.25, 0.3) is 5.69 Å². The molecule has 0 saturated carbocycles. The molecular formula is C21H19ClN4O5. The summed E-state index contributed by atoms with van der Waals surface area (Å²) in [7, 11) is 0. The van der Waals surface area contributed by atoms with E-state index in [-0.39, 0.29) is 29.4 Å². The molecule has 0 atom stereocenters. The number of aromatic nitrogens is 2. The number of carbonyl (C=O) groups excluding carboxylic acids is 2. The van der Waals surface area contributed by atoms with Crippen molar-refractivity contribution in [3.05, 3.63) is 86.2 Å². The Labute approximate surface area is 182 Å². The number of benzene rings is 2. The van der Waals surface area contributed by atoms with Gasteiger partial charge in [0.2, 0.25) is 0 Å². The minimum atomic E-state index is -0.601. The van der Waals surface area contributed by atoms with Crippen molar-refractivity contribution in [1.82, 2.24) is 15.1 Å². The van der Waals surface area contributed by atoms with Crippen LogP contribution in [0.4, 0.5) is 5.69 Å². The Morgan fingerprint density at radius 2 is 1.94 bits per heavy atom. The molecule has 10 heteroatoms. The molecule has 0 spiro atoms. The molecule has 0 aliphatic rings. The molecule has 1 aromatic heterocycles. The lowest BCUT2D eigenvalue weighted by molar-refractivity contribution is -0.384. The number of nitrogens with one attached hydrogen (secondary N) is 1. The zero-order valence-electron chi connectivity index (χ0n) is 16.8. The molecule has 3 rings (SSSR count). The van der Waals surface area contributed by atoms with E-state index in [1.165, 1.54) is 18.3 Å². The van der Waals surface area contributed by atoms with Gasteiger partial charge in [0, 0.05) is 12.1 Å². The number of halogens is 1. The van der Waals surface area contributed by atoms with Gasteiger partial charge >= 0.3 is 5.97 Å². The van der Waals surface area contributed by atoms with Gasteiger partial charge in [0.25, 0.3) is 11.6 Å². The Kier molecular flexibility index (Phi) is 6.66. The molecule has 31 heavy (non-hydrogen) atoms. The number of aryl methyl sites for hydroxylation is 1. The Morgan fingerprint density at radius 1 is 1.19 bits per heavy atom. The number of hydrogen-bond acceptors (Lipinski definition) is 6. The Hall–Kier alpha value is -3.72. The minimum Gasteiger partial charge on any atom is -0.460 e. The summed E-state index contributed by atoms with van der Waals surface area (Å²) in [5.74, 6) is -1.08. The number of esters is 1. The highest BCUT2D eigenvalue weighted by atomic mass is 35.5. The van der Waals surface area contributed by atoms with Crippen LogP contribution in [0.15, 0.2) is 48.7 Å². The number of rotatable bonds is 7. The fraction of sp³-hybridized carbons (Fsp3) is 0.190. The van der Waals surface area contributed by atoms with E-state index < -0.39 is 16.8 Å². The number of ether oxygens (including phenoxy) is 1. The van der Waals surface area contributed by atoms with Gasteiger partial charge in [-0.15, -0.1) is 0 Å². The highest BCUT2D eigenvalue weighted by Gasteiger charge is 2.18. The first kappa shape index (κ1) is 22.0. The third kappa shape index (κ3) is 4.89. The first-order valence-corrected chi connectivity index (χ1v) is 9.67. The van der Waals surface area contributed by atoms with Crippen molar-refractivity contribution >= 4 is 29.2 Å². The Balaban J connectivity index is 1.56. The number of nitro groups is 1. The van der Waals surface area contributed by atoms with E-state index in [4.69, 9.17) is 16.3 Å². The standard InChI is InChI=1S/C21H19ClN4O5/c1-13-5-3-4-6-19(13)25-14(2)17(12-24-25)21(28)31-10-9-23-20(27)16-8-7-15(26(29)30)11-18(16)22/h3-8,11-12H,9-10H2,1-2H3,(H,23,27). The van der Waals surface area contributed by atoms with E-state index in [0.717, 1.165) is 17.3 Å². The molecule has 0 radical (unpaired) electrons. The molecular weight excluding hydrogens is 424 g/mol. The maximum absolute atomic E-state index is 12.4. The van der Waals surface area contributed by atoms with Crippen molar-refractivity contribution in [2.75, 3.05) is 13.2 Å². The smallest absolute Gasteiger partial charge is 0.341 e. The summed E-state index contributed by atoms with van der Waals surface area (Å²) in [6.45, 7) is 3.70. The van der Waals surface area contributed by atoms with E-state index in [1.54, 1.807) is 11.6 Å². The van der Waals surface area contributed by atoms with Crippen LogP contribution in [0.5, 0.6) is 0 Å². The zero-order chi connectivity index (χ0) is 22.5. The predicted octanol–water partition coefficient (Wildman–Crippen LogP) is 3.64. The quantitative estimate of drug-likeness (QED) is 0.258. The van der Waals surface area contributed by atoms with Gasteiger partial charge in [-0.2, -0.15) is 5.10 Å². The first-order valence-electron chi connectivity index (χ1n) is 9.29. The normalized spacial score (nSPS) is 10.5. The van der Waals surface area contributed by atoms with Gasteiger partial charge in [-0.05, 0) is 31.5 Å². The van der Waals surface area contributed by atoms with Gasteiger partial charge in [0.05, 0.1) is 39.6 Å². The molecule has 2 aromatic carbocycles. The average molecular weight is 443 g/mol. The van der Waals surface area contributed by atoms with Gasteiger partial charge < -0.3 is 10.1 Å². The summed E-state index contributed by atoms with van der Waals surface area (Å²) >= 11 is 5.93. The highest BCUT2D eigenvalue weighted by molar-refractivity contribution is 6.34. The number of nitrogens with zero attached hydrogens (tertiary/aromatic N) is 3. The summed E-state index contributed by atoms with van der Waals surface area (Å²) in [5, 5.41) is 17.5. The van der Waals surface area contributed by atoms with Gasteiger partial charge in [-0.1, -0.05) is 29.8 Å². The van der Waals surface area contributed by atoms with Crippen molar-refractivity contribution in [3.8, 4) is 5.69 Å². The third-order valence-corrected chi connectivity index (χ3v) is 4.91. The molecule has 0 fully saturated rings. The molecule has 3 aromatic rings. The molecule has 0 aliphatic heterocycles. The zero-order valence-corrected chi connectivity index (χ0v) is 17.5. The molecule has 1 N–H and O–H groups in total. The maximum Gasteiger partial charge on any atom is 0.341 e. The number of carbonyl (C=O) groups is 2. The summed E-state index contributed by atoms with van der Waals surface area (Å²) in [5.41, 5.74) is 2.73. The lowest BCUT2D eigenvalue weighted by Gasteiger charge is -2.09. The number of non-ortho nitro benzene ring substituents is 1. The van der Waals surface area contributed by atoms with Gasteiger partial charge in [0.1, 0.15) is 12.2 Å². The van der Waals surface area contributed by atoms with Crippen LogP contribution in [-0.2, 0) is 4.74 Å². The van der Waals surface area contributed by atoms with Crippen LogP contribution in [0.2, 0.25) is 5.02 Å². The second-order valence-electron chi connectivity index (χ2n) is 6.66. The second-order valence-corrected chi connectivity index (χ2v) is 7.06. The third-order valence-electron chi connectivity index (χ3n) is 4.60. The van der Waals surface area contributed by atoms with Gasteiger partial charge in [-0.25, -0.2) is 9.48 Å². The summed E-state index contributed by atoms with van der Waals surface area (Å²) < 4.78 is 6.90. The summed E-state index contributed by atoms with van der Waals surface area (Å²) in [6, 6.07) is 11.2. The lowest BCUT2D eigenvalue weighted by Crippen LogP contribution is -2.28. The van der Waals surface area contributed by atoms with Crippen LogP contribution >= 0.6 is 11.6 Å². The monoisotopic (exact) mass is 442 g/mol. The van der Waals surface area contributed by atoms with Crippen LogP contribution in [0.3, 0.4) is 0 Å². The maximum atomic E-state index is 12.4. The van der Waals surface area contributed by atoms with Crippen molar-refractivity contribution in [2.45, 2.75) is 13.8 Å². The summed E-state index contributed by atoms with van der Waals surface area (Å²) in [6.07, 6.45) is 1.44. The SMILES string of the molecule is Cc1ccccc1-n1ncc(C(=O)OCCNC(=O)c2ccc([N+](=O)[O-])cc2Cl)c1C. The van der Waals surface area contributed by atoms with Gasteiger partial charge in [0.15, 0.2) is 0 Å². The molecule has 0 bridgehead atoms. The van der Waals surface area contributed by atoms with Crippen LogP contribution < -0.4 is 5.32 Å². The van der Waals surface area contributed by atoms with Crippen molar-refractivity contribution in [3.63, 3.8) is 0 Å². The predicted molar refractivity (Wildman–Crippen MR) is 114 cm³/mol. The van der Waals surface area contributed by atoms with Crippen molar-refractivity contribution in [2.24, 2.45) is 0 Å². The fourth-order valence-corrected chi connectivity index (χ4v) is 3.20. The van der Waals surface area contributed by atoms with E-state index in [2.05, 4.69) is 10.4 Å². The van der Waals surface area contributed by atoms with Gasteiger partial charge in [-0.3, -0.25) is 14.9 Å². The van der Waals surface area contributed by atoms with E-state index >= 15 is 0 Å². The summed E-state index contributed by atoms with van der Waals surface area (Å²) in [4.78, 5) is 34.7. The second kappa shape index (κ2) is 9.40. The highest BCUT2D eigenvalue weighted by Crippen LogP contribution is 2.22. The number of para-hydroxylation sites is 1. The first-order chi connectivity index (χ1) is 14.8.